The van der Waals surface area contributed by atoms with E-state index in [4.69, 9.17) is 0 Å². The number of nitrogens with zero attached hydrogens (tertiary/aromatic N) is 1. The molecule has 0 amide bonds. The number of likely N-dealkylation sites (N-methyl/N-ethyl adjacent to an activating group) is 1. The monoisotopic (exact) mass is 321 g/mol. The molecule has 0 fully saturated rings. The van der Waals surface area contributed by atoms with Crippen molar-refractivity contribution in [2.45, 2.75) is 38.8 Å². The fourth-order valence-electron chi connectivity index (χ4n) is 2.69. The quantitative estimate of drug-likeness (QED) is 0.765. The van der Waals surface area contributed by atoms with Crippen LogP contribution >= 0.6 is 0 Å². The lowest BCUT2D eigenvalue weighted by Gasteiger charge is -2.15. The molecule has 24 heavy (non-hydrogen) atoms. The molecule has 2 nitrogen and oxygen atoms in total. The van der Waals surface area contributed by atoms with Crippen molar-refractivity contribution < 1.29 is 5.11 Å². The van der Waals surface area contributed by atoms with Crippen LogP contribution in [0.3, 0.4) is 0 Å². The van der Waals surface area contributed by atoms with Crippen LogP contribution in [0.2, 0.25) is 0 Å². The van der Waals surface area contributed by atoms with Crippen molar-refractivity contribution in [2.75, 3.05) is 13.6 Å². The summed E-state index contributed by atoms with van der Waals surface area (Å²) in [6.45, 7) is 3.85. The summed E-state index contributed by atoms with van der Waals surface area (Å²) in [5.74, 6) is 5.80. The van der Waals surface area contributed by atoms with Crippen molar-refractivity contribution in [3.8, 4) is 11.8 Å². The normalized spacial score (nSPS) is 12.5. The Hall–Kier alpha value is -2.08. The summed E-state index contributed by atoms with van der Waals surface area (Å²) in [6.07, 6.45) is 6.27. The molecule has 2 aromatic rings. The number of hydrogen-bond acceptors (Lipinski definition) is 2. The van der Waals surface area contributed by atoms with E-state index in [1.165, 1.54) is 16.3 Å². The molecule has 0 radical (unpaired) electrons. The van der Waals surface area contributed by atoms with Gasteiger partial charge in [-0.15, -0.1) is 0 Å². The van der Waals surface area contributed by atoms with E-state index in [0.717, 1.165) is 32.4 Å². The summed E-state index contributed by atoms with van der Waals surface area (Å²) in [5, 5.41) is 12.3. The Labute approximate surface area is 145 Å². The fourth-order valence-corrected chi connectivity index (χ4v) is 2.69. The largest absolute Gasteiger partial charge is 0.380 e. The molecule has 0 aromatic heterocycles. The van der Waals surface area contributed by atoms with Crippen molar-refractivity contribution in [1.82, 2.24) is 4.90 Å². The molecule has 0 aliphatic heterocycles. The molecule has 0 heterocycles. The Kier molecular flexibility index (Phi) is 7.55. The van der Waals surface area contributed by atoms with Gasteiger partial charge in [-0.1, -0.05) is 80.1 Å². The highest BCUT2D eigenvalue weighted by Gasteiger charge is 2.03. The first-order valence-electron chi connectivity index (χ1n) is 8.70. The Balaban J connectivity index is 1.86. The number of fused-ring (bicyclic) bond motifs is 1. The van der Waals surface area contributed by atoms with Gasteiger partial charge in [0.25, 0.3) is 0 Å². The van der Waals surface area contributed by atoms with Gasteiger partial charge in [0.1, 0.15) is 6.10 Å². The van der Waals surface area contributed by atoms with Gasteiger partial charge in [0.15, 0.2) is 0 Å². The molecule has 1 atom stereocenters. The molecule has 2 rings (SSSR count). The van der Waals surface area contributed by atoms with E-state index in [-0.39, 0.29) is 0 Å². The number of allylic oxidation sites excluding steroid dienone is 1. The first-order chi connectivity index (χ1) is 11.7. The summed E-state index contributed by atoms with van der Waals surface area (Å²) in [4.78, 5) is 2.26. The highest BCUT2D eigenvalue weighted by atomic mass is 16.3. The number of aliphatic hydroxyl groups excluding tert-OH is 1. The van der Waals surface area contributed by atoms with Gasteiger partial charge >= 0.3 is 0 Å². The Bertz CT molecular complexity index is 718. The maximum atomic E-state index is 9.67. The number of unbranched alkanes of at least 4 members (excludes halogenated alkanes) is 1. The molecule has 0 aliphatic carbocycles. The van der Waals surface area contributed by atoms with E-state index in [1.54, 1.807) is 0 Å². The highest BCUT2D eigenvalue weighted by Crippen LogP contribution is 2.19. The van der Waals surface area contributed by atoms with Gasteiger partial charge in [0, 0.05) is 13.1 Å². The van der Waals surface area contributed by atoms with Gasteiger partial charge < -0.3 is 5.11 Å². The maximum absolute atomic E-state index is 9.67. The Morgan fingerprint density at radius 3 is 2.79 bits per heavy atom. The summed E-state index contributed by atoms with van der Waals surface area (Å²) in [5.41, 5.74) is 1.34. The number of hydrogen-bond donors (Lipinski definition) is 1. The molecule has 0 saturated heterocycles. The third-order valence-electron chi connectivity index (χ3n) is 4.02. The van der Waals surface area contributed by atoms with E-state index >= 15 is 0 Å². The fraction of sp³-hybridized carbons (Fsp3) is 0.364. The van der Waals surface area contributed by atoms with Gasteiger partial charge in [-0.05, 0) is 35.9 Å². The molecule has 0 bridgehead atoms. The number of rotatable bonds is 7. The topological polar surface area (TPSA) is 23.5 Å². The van der Waals surface area contributed by atoms with Gasteiger partial charge in [0.2, 0.25) is 0 Å². The number of benzene rings is 2. The summed E-state index contributed by atoms with van der Waals surface area (Å²) in [6, 6.07) is 14.9. The molecule has 0 spiro atoms. The average molecular weight is 321 g/mol. The zero-order valence-electron chi connectivity index (χ0n) is 14.7. The van der Waals surface area contributed by atoms with Gasteiger partial charge in [0.05, 0.1) is 0 Å². The molecular weight excluding hydrogens is 294 g/mol. The van der Waals surface area contributed by atoms with Crippen molar-refractivity contribution in [3.63, 3.8) is 0 Å². The second-order valence-corrected chi connectivity index (χ2v) is 6.18. The van der Waals surface area contributed by atoms with E-state index in [2.05, 4.69) is 73.2 Å². The van der Waals surface area contributed by atoms with Crippen LogP contribution in [0.1, 0.15) is 31.7 Å². The Morgan fingerprint density at radius 2 is 1.96 bits per heavy atom. The van der Waals surface area contributed by atoms with Crippen molar-refractivity contribution in [1.29, 1.82) is 0 Å². The minimum atomic E-state index is -0.497. The summed E-state index contributed by atoms with van der Waals surface area (Å²) >= 11 is 0. The lowest BCUT2D eigenvalue weighted by atomic mass is 10.0. The van der Waals surface area contributed by atoms with Gasteiger partial charge in [-0.3, -0.25) is 4.90 Å². The van der Waals surface area contributed by atoms with Crippen LogP contribution in [-0.4, -0.2) is 29.7 Å². The predicted octanol–water partition coefficient (Wildman–Crippen LogP) is 4.38. The second kappa shape index (κ2) is 9.93. The predicted molar refractivity (Wildman–Crippen MR) is 103 cm³/mol. The lowest BCUT2D eigenvalue weighted by molar-refractivity contribution is 0.218. The van der Waals surface area contributed by atoms with E-state index < -0.39 is 6.10 Å². The maximum Gasteiger partial charge on any atom is 0.115 e. The average Bonchev–Trinajstić information content (AvgIpc) is 2.60. The van der Waals surface area contributed by atoms with E-state index in [0.29, 0.717) is 0 Å². The third-order valence-corrected chi connectivity index (χ3v) is 4.02. The Morgan fingerprint density at radius 1 is 1.17 bits per heavy atom. The van der Waals surface area contributed by atoms with Crippen molar-refractivity contribution in [3.05, 3.63) is 60.2 Å². The smallest absolute Gasteiger partial charge is 0.115 e. The van der Waals surface area contributed by atoms with Crippen LogP contribution in [0, 0.1) is 11.8 Å². The molecule has 1 unspecified atom stereocenters. The van der Waals surface area contributed by atoms with E-state index in [1.807, 2.05) is 12.2 Å². The van der Waals surface area contributed by atoms with Crippen LogP contribution < -0.4 is 0 Å². The zero-order valence-corrected chi connectivity index (χ0v) is 14.7. The summed E-state index contributed by atoms with van der Waals surface area (Å²) in [7, 11) is 2.11. The highest BCUT2D eigenvalue weighted by molar-refractivity contribution is 5.85. The molecule has 0 saturated carbocycles. The van der Waals surface area contributed by atoms with Crippen LogP contribution in [-0.2, 0) is 6.54 Å². The minimum Gasteiger partial charge on any atom is -0.380 e. The van der Waals surface area contributed by atoms with Gasteiger partial charge in [-0.25, -0.2) is 0 Å². The summed E-state index contributed by atoms with van der Waals surface area (Å²) < 4.78 is 0. The standard InChI is InChI=1S/C22H27NO/c1-3-4-14-21(24)15-6-5-9-17-23(2)18-20-13-10-12-19-11-7-8-16-22(19)20/h5,7-13,16,21,24H,3-4,14,17-18H2,1-2H3. The first kappa shape index (κ1) is 18.3. The molecule has 1 N–H and O–H groups in total. The minimum absolute atomic E-state index is 0.497. The second-order valence-electron chi connectivity index (χ2n) is 6.18. The molecule has 126 valence electrons. The lowest BCUT2D eigenvalue weighted by Crippen LogP contribution is -2.17. The zero-order chi connectivity index (χ0) is 17.2. The van der Waals surface area contributed by atoms with Crippen molar-refractivity contribution >= 4 is 10.8 Å². The first-order valence-corrected chi connectivity index (χ1v) is 8.70. The third kappa shape index (κ3) is 5.85. The number of aliphatic hydroxyl groups is 1. The van der Waals surface area contributed by atoms with Crippen LogP contribution in [0.4, 0.5) is 0 Å². The van der Waals surface area contributed by atoms with Crippen LogP contribution in [0.15, 0.2) is 54.6 Å². The molecule has 2 heteroatoms. The van der Waals surface area contributed by atoms with Crippen LogP contribution in [0.25, 0.3) is 10.8 Å². The SMILES string of the molecule is CCCCC(O)C#CC=CCN(C)Cc1cccc2ccccc12. The van der Waals surface area contributed by atoms with Gasteiger partial charge in [-0.2, -0.15) is 0 Å². The van der Waals surface area contributed by atoms with Crippen molar-refractivity contribution in [2.24, 2.45) is 0 Å². The molecule has 2 aromatic carbocycles. The molecular formula is C22H27NO. The molecule has 0 aliphatic rings. The van der Waals surface area contributed by atoms with Crippen LogP contribution in [0.5, 0.6) is 0 Å². The van der Waals surface area contributed by atoms with E-state index in [9.17, 15) is 5.11 Å².